The van der Waals surface area contributed by atoms with E-state index in [1.54, 1.807) is 11.3 Å². The van der Waals surface area contributed by atoms with Crippen molar-refractivity contribution in [2.75, 3.05) is 6.54 Å². The lowest BCUT2D eigenvalue weighted by molar-refractivity contribution is 0.724. The summed E-state index contributed by atoms with van der Waals surface area (Å²) in [6.07, 6.45) is 3.74. The number of hydrogen-bond acceptors (Lipinski definition) is 3. The first-order chi connectivity index (χ1) is 7.81. The van der Waals surface area contributed by atoms with E-state index >= 15 is 0 Å². The number of halogens is 1. The Morgan fingerprint density at radius 3 is 3.00 bits per heavy atom. The van der Waals surface area contributed by atoms with E-state index in [0.717, 1.165) is 28.6 Å². The molecule has 2 heterocycles. The molecule has 0 aromatic carbocycles. The molecule has 2 aromatic heterocycles. The maximum absolute atomic E-state index is 6.10. The number of hydrogen-bond donors (Lipinski definition) is 1. The summed E-state index contributed by atoms with van der Waals surface area (Å²) in [6.45, 7) is 3.90. The molecule has 0 unspecified atom stereocenters. The van der Waals surface area contributed by atoms with Crippen LogP contribution in [0.4, 0.5) is 0 Å². The van der Waals surface area contributed by atoms with Crippen LogP contribution in [0.2, 0.25) is 5.02 Å². The van der Waals surface area contributed by atoms with Crippen molar-refractivity contribution in [3.63, 3.8) is 0 Å². The van der Waals surface area contributed by atoms with Gasteiger partial charge in [0.05, 0.1) is 9.90 Å². The van der Waals surface area contributed by atoms with Gasteiger partial charge in [0.15, 0.2) is 0 Å². The molecule has 0 fully saturated rings. The Bertz CT molecular complexity index is 468. The Labute approximate surface area is 104 Å². The Kier molecular flexibility index (Phi) is 3.93. The predicted octanol–water partition coefficient (Wildman–Crippen LogP) is 3.57. The van der Waals surface area contributed by atoms with Crippen molar-refractivity contribution < 1.29 is 0 Å². The molecule has 0 spiro atoms. The molecule has 2 rings (SSSR count). The van der Waals surface area contributed by atoms with Gasteiger partial charge in [-0.05, 0) is 29.6 Å². The van der Waals surface area contributed by atoms with Crippen molar-refractivity contribution >= 4 is 22.9 Å². The van der Waals surface area contributed by atoms with E-state index in [1.165, 1.54) is 5.56 Å². The molecule has 0 atom stereocenters. The molecule has 2 nitrogen and oxygen atoms in total. The summed E-state index contributed by atoms with van der Waals surface area (Å²) < 4.78 is 0. The van der Waals surface area contributed by atoms with Crippen LogP contribution in [0, 0.1) is 0 Å². The lowest BCUT2D eigenvalue weighted by Crippen LogP contribution is -2.11. The molecular formula is C12H13ClN2S. The maximum atomic E-state index is 6.10. The van der Waals surface area contributed by atoms with E-state index in [1.807, 2.05) is 23.8 Å². The van der Waals surface area contributed by atoms with Crippen LogP contribution in [-0.2, 0) is 6.54 Å². The summed E-state index contributed by atoms with van der Waals surface area (Å²) in [7, 11) is 0. The van der Waals surface area contributed by atoms with Gasteiger partial charge < -0.3 is 5.32 Å². The number of aromatic nitrogens is 1. The molecule has 84 valence electrons. The highest BCUT2D eigenvalue weighted by molar-refractivity contribution is 7.14. The van der Waals surface area contributed by atoms with Crippen LogP contribution in [0.3, 0.4) is 0 Å². The molecule has 0 aliphatic heterocycles. The summed E-state index contributed by atoms with van der Waals surface area (Å²) in [5.74, 6) is 0. The van der Waals surface area contributed by atoms with Crippen LogP contribution in [0.15, 0.2) is 29.9 Å². The Morgan fingerprint density at radius 1 is 1.44 bits per heavy atom. The predicted molar refractivity (Wildman–Crippen MR) is 69.9 cm³/mol. The minimum atomic E-state index is 0.799. The van der Waals surface area contributed by atoms with E-state index in [0.29, 0.717) is 0 Å². The van der Waals surface area contributed by atoms with Crippen molar-refractivity contribution in [3.8, 4) is 10.4 Å². The quantitative estimate of drug-likeness (QED) is 0.900. The van der Waals surface area contributed by atoms with Gasteiger partial charge in [-0.1, -0.05) is 18.5 Å². The molecule has 1 N–H and O–H groups in total. The van der Waals surface area contributed by atoms with Crippen LogP contribution >= 0.6 is 22.9 Å². The average Bonchev–Trinajstić information content (AvgIpc) is 2.73. The normalized spacial score (nSPS) is 10.6. The van der Waals surface area contributed by atoms with Gasteiger partial charge in [-0.15, -0.1) is 11.3 Å². The fourth-order valence-corrected chi connectivity index (χ4v) is 2.63. The highest BCUT2D eigenvalue weighted by atomic mass is 35.5. The smallest absolute Gasteiger partial charge is 0.0592 e. The third-order valence-corrected chi connectivity index (χ3v) is 3.64. The van der Waals surface area contributed by atoms with Gasteiger partial charge in [-0.3, -0.25) is 4.98 Å². The molecular weight excluding hydrogens is 240 g/mol. The number of nitrogens with zero attached hydrogens (tertiary/aromatic N) is 1. The Balaban J connectivity index is 2.26. The van der Waals surface area contributed by atoms with Crippen molar-refractivity contribution in [1.29, 1.82) is 0 Å². The Morgan fingerprint density at radius 2 is 2.31 bits per heavy atom. The third-order valence-electron chi connectivity index (χ3n) is 2.25. The zero-order valence-corrected chi connectivity index (χ0v) is 10.6. The van der Waals surface area contributed by atoms with Gasteiger partial charge >= 0.3 is 0 Å². The number of pyridine rings is 1. The molecule has 16 heavy (non-hydrogen) atoms. The number of rotatable bonds is 4. The largest absolute Gasteiger partial charge is 0.313 e. The van der Waals surface area contributed by atoms with E-state index in [2.05, 4.69) is 23.3 Å². The van der Waals surface area contributed by atoms with Crippen LogP contribution in [0.5, 0.6) is 0 Å². The van der Waals surface area contributed by atoms with Gasteiger partial charge in [-0.2, -0.15) is 0 Å². The van der Waals surface area contributed by atoms with E-state index in [-0.39, 0.29) is 0 Å². The molecule has 0 aliphatic rings. The Hall–Kier alpha value is -0.900. The molecule has 0 saturated heterocycles. The van der Waals surface area contributed by atoms with Crippen molar-refractivity contribution in [3.05, 3.63) is 40.5 Å². The fourth-order valence-electron chi connectivity index (χ4n) is 1.48. The second-order valence-corrected chi connectivity index (χ2v) is 4.78. The summed E-state index contributed by atoms with van der Waals surface area (Å²) in [6, 6.07) is 4.05. The van der Waals surface area contributed by atoms with Gasteiger partial charge in [0, 0.05) is 24.5 Å². The zero-order chi connectivity index (χ0) is 11.4. The first kappa shape index (κ1) is 11.6. The highest BCUT2D eigenvalue weighted by Crippen LogP contribution is 2.32. The first-order valence-electron chi connectivity index (χ1n) is 5.19. The summed E-state index contributed by atoms with van der Waals surface area (Å²) >= 11 is 7.74. The van der Waals surface area contributed by atoms with Gasteiger partial charge in [0.25, 0.3) is 0 Å². The van der Waals surface area contributed by atoms with Gasteiger partial charge in [-0.25, -0.2) is 0 Å². The van der Waals surface area contributed by atoms with Crippen molar-refractivity contribution in [2.45, 2.75) is 13.5 Å². The van der Waals surface area contributed by atoms with Crippen LogP contribution < -0.4 is 5.32 Å². The minimum absolute atomic E-state index is 0.799. The lowest BCUT2D eigenvalue weighted by atomic mass is 10.2. The number of nitrogens with one attached hydrogen (secondary N) is 1. The second-order valence-electron chi connectivity index (χ2n) is 3.46. The SMILES string of the molecule is CCNCc1cncc(-c2sccc2Cl)c1. The molecule has 0 bridgehead atoms. The molecule has 0 amide bonds. The monoisotopic (exact) mass is 252 g/mol. The van der Waals surface area contributed by atoms with Gasteiger partial charge in [0.1, 0.15) is 0 Å². The summed E-state index contributed by atoms with van der Waals surface area (Å²) in [5, 5.41) is 6.08. The third kappa shape index (κ3) is 2.61. The minimum Gasteiger partial charge on any atom is -0.313 e. The molecule has 2 aromatic rings. The summed E-state index contributed by atoms with van der Waals surface area (Å²) in [5.41, 5.74) is 2.28. The molecule has 0 radical (unpaired) electrons. The van der Waals surface area contributed by atoms with Crippen LogP contribution in [-0.4, -0.2) is 11.5 Å². The van der Waals surface area contributed by atoms with E-state index < -0.39 is 0 Å². The van der Waals surface area contributed by atoms with E-state index in [4.69, 9.17) is 11.6 Å². The number of thiophene rings is 1. The topological polar surface area (TPSA) is 24.9 Å². The highest BCUT2D eigenvalue weighted by Gasteiger charge is 2.05. The molecule has 4 heteroatoms. The average molecular weight is 253 g/mol. The second kappa shape index (κ2) is 5.43. The summed E-state index contributed by atoms with van der Waals surface area (Å²) in [4.78, 5) is 5.33. The lowest BCUT2D eigenvalue weighted by Gasteiger charge is -2.04. The molecule has 0 saturated carbocycles. The fraction of sp³-hybridized carbons (Fsp3) is 0.250. The maximum Gasteiger partial charge on any atom is 0.0592 e. The van der Waals surface area contributed by atoms with Crippen molar-refractivity contribution in [1.82, 2.24) is 10.3 Å². The first-order valence-corrected chi connectivity index (χ1v) is 6.45. The zero-order valence-electron chi connectivity index (χ0n) is 9.03. The molecule has 0 aliphatic carbocycles. The standard InChI is InChI=1S/C12H13ClN2S/c1-2-14-6-9-5-10(8-15-7-9)12-11(13)3-4-16-12/h3-5,7-8,14H,2,6H2,1H3. The van der Waals surface area contributed by atoms with E-state index in [9.17, 15) is 0 Å². The van der Waals surface area contributed by atoms with Gasteiger partial charge in [0.2, 0.25) is 0 Å². The van der Waals surface area contributed by atoms with Crippen molar-refractivity contribution in [2.24, 2.45) is 0 Å². The van der Waals surface area contributed by atoms with Crippen LogP contribution in [0.1, 0.15) is 12.5 Å². The van der Waals surface area contributed by atoms with Crippen LogP contribution in [0.25, 0.3) is 10.4 Å².